The lowest BCUT2D eigenvalue weighted by molar-refractivity contribution is 0.290. The summed E-state index contributed by atoms with van der Waals surface area (Å²) in [5, 5.41) is 13.5. The summed E-state index contributed by atoms with van der Waals surface area (Å²) in [5.74, 6) is 0.643. The second-order valence-electron chi connectivity index (χ2n) is 4.16. The summed E-state index contributed by atoms with van der Waals surface area (Å²) in [6.07, 6.45) is 0. The van der Waals surface area contributed by atoms with Crippen LogP contribution in [-0.4, -0.2) is 5.11 Å². The Balaban J connectivity index is 1.86. The van der Waals surface area contributed by atoms with E-state index in [2.05, 4.69) is 5.38 Å². The van der Waals surface area contributed by atoms with Crippen molar-refractivity contribution in [2.24, 2.45) is 0 Å². The van der Waals surface area contributed by atoms with Crippen LogP contribution >= 0.6 is 22.9 Å². The van der Waals surface area contributed by atoms with Gasteiger partial charge >= 0.3 is 0 Å². The van der Waals surface area contributed by atoms with E-state index in [0.717, 1.165) is 16.0 Å². The summed E-state index contributed by atoms with van der Waals surface area (Å²) < 4.78 is 6.82. The normalized spacial score (nSPS) is 10.8. The topological polar surface area (TPSA) is 29.5 Å². The molecule has 0 atom stereocenters. The third-order valence-corrected chi connectivity index (χ3v) is 4.11. The molecule has 1 aromatic heterocycles. The lowest BCUT2D eigenvalue weighted by atomic mass is 10.2. The Labute approximate surface area is 119 Å². The van der Waals surface area contributed by atoms with Crippen molar-refractivity contribution in [1.82, 2.24) is 0 Å². The number of fused-ring (bicyclic) bond motifs is 1. The first-order valence-corrected chi connectivity index (χ1v) is 7.06. The van der Waals surface area contributed by atoms with Crippen LogP contribution in [0.25, 0.3) is 10.1 Å². The number of para-hydroxylation sites is 2. The van der Waals surface area contributed by atoms with Crippen LogP contribution in [0.5, 0.6) is 11.5 Å². The molecule has 0 bridgehead atoms. The van der Waals surface area contributed by atoms with Crippen LogP contribution in [0, 0.1) is 0 Å². The first-order chi connectivity index (χ1) is 9.24. The average Bonchev–Trinajstić information content (AvgIpc) is 2.80. The van der Waals surface area contributed by atoms with Gasteiger partial charge in [0, 0.05) is 20.7 Å². The number of benzene rings is 2. The SMILES string of the molecule is Oc1ccccc1OCc1csc2ccc(Cl)cc12. The maximum atomic E-state index is 9.65. The fraction of sp³-hybridized carbons (Fsp3) is 0.0667. The summed E-state index contributed by atoms with van der Waals surface area (Å²) in [6, 6.07) is 12.8. The van der Waals surface area contributed by atoms with Crippen LogP contribution in [-0.2, 0) is 6.61 Å². The quantitative estimate of drug-likeness (QED) is 0.748. The van der Waals surface area contributed by atoms with Gasteiger partial charge in [-0.1, -0.05) is 23.7 Å². The predicted molar refractivity (Wildman–Crippen MR) is 79.3 cm³/mol. The fourth-order valence-electron chi connectivity index (χ4n) is 1.90. The summed E-state index contributed by atoms with van der Waals surface area (Å²) in [4.78, 5) is 0. The third kappa shape index (κ3) is 2.53. The van der Waals surface area contributed by atoms with Gasteiger partial charge < -0.3 is 9.84 Å². The average molecular weight is 291 g/mol. The highest BCUT2D eigenvalue weighted by Gasteiger charge is 2.07. The van der Waals surface area contributed by atoms with Crippen LogP contribution in [0.3, 0.4) is 0 Å². The Morgan fingerprint density at radius 2 is 2.00 bits per heavy atom. The van der Waals surface area contributed by atoms with Gasteiger partial charge in [0.15, 0.2) is 11.5 Å². The molecular formula is C15H11ClO2S. The van der Waals surface area contributed by atoms with Crippen molar-refractivity contribution in [3.05, 3.63) is 58.4 Å². The number of aromatic hydroxyl groups is 1. The monoisotopic (exact) mass is 290 g/mol. The van der Waals surface area contributed by atoms with Crippen LogP contribution in [0.2, 0.25) is 5.02 Å². The molecule has 0 fully saturated rings. The Kier molecular flexibility index (Phi) is 3.32. The molecule has 3 rings (SSSR count). The minimum Gasteiger partial charge on any atom is -0.504 e. The molecular weight excluding hydrogens is 280 g/mol. The molecule has 4 heteroatoms. The fourth-order valence-corrected chi connectivity index (χ4v) is 3.00. The maximum absolute atomic E-state index is 9.65. The molecule has 0 spiro atoms. The third-order valence-electron chi connectivity index (χ3n) is 2.86. The van der Waals surface area contributed by atoms with Crippen molar-refractivity contribution in [1.29, 1.82) is 0 Å². The minimum absolute atomic E-state index is 0.153. The van der Waals surface area contributed by atoms with Crippen molar-refractivity contribution >= 4 is 33.0 Å². The van der Waals surface area contributed by atoms with Gasteiger partial charge in [-0.05, 0) is 35.7 Å². The van der Waals surface area contributed by atoms with E-state index in [9.17, 15) is 5.11 Å². The molecule has 3 aromatic rings. The van der Waals surface area contributed by atoms with Gasteiger partial charge in [-0.15, -0.1) is 11.3 Å². The van der Waals surface area contributed by atoms with Crippen molar-refractivity contribution in [3.8, 4) is 11.5 Å². The number of halogens is 1. The number of phenolic OH excluding ortho intramolecular Hbond substituents is 1. The number of rotatable bonds is 3. The highest BCUT2D eigenvalue weighted by molar-refractivity contribution is 7.17. The number of hydrogen-bond donors (Lipinski definition) is 1. The zero-order valence-electron chi connectivity index (χ0n) is 9.97. The van der Waals surface area contributed by atoms with E-state index < -0.39 is 0 Å². The number of phenols is 1. The smallest absolute Gasteiger partial charge is 0.161 e. The lowest BCUT2D eigenvalue weighted by Gasteiger charge is -2.07. The van der Waals surface area contributed by atoms with Crippen molar-refractivity contribution < 1.29 is 9.84 Å². The van der Waals surface area contributed by atoms with Gasteiger partial charge in [0.1, 0.15) is 6.61 Å². The van der Waals surface area contributed by atoms with Crippen molar-refractivity contribution in [2.45, 2.75) is 6.61 Å². The Morgan fingerprint density at radius 3 is 2.84 bits per heavy atom. The molecule has 0 saturated carbocycles. The van der Waals surface area contributed by atoms with E-state index in [1.165, 1.54) is 4.70 Å². The highest BCUT2D eigenvalue weighted by atomic mass is 35.5. The van der Waals surface area contributed by atoms with Gasteiger partial charge in [0.25, 0.3) is 0 Å². The largest absolute Gasteiger partial charge is 0.504 e. The molecule has 1 heterocycles. The van der Waals surface area contributed by atoms with Crippen LogP contribution in [0.4, 0.5) is 0 Å². The summed E-state index contributed by atoms with van der Waals surface area (Å²) in [6.45, 7) is 0.415. The standard InChI is InChI=1S/C15H11ClO2S/c16-11-5-6-15-12(7-11)10(9-19-15)8-18-14-4-2-1-3-13(14)17/h1-7,9,17H,8H2. The zero-order valence-corrected chi connectivity index (χ0v) is 11.5. The van der Waals surface area contributed by atoms with Crippen LogP contribution in [0.15, 0.2) is 47.8 Å². The molecule has 2 aromatic carbocycles. The highest BCUT2D eigenvalue weighted by Crippen LogP contribution is 2.31. The first kappa shape index (κ1) is 12.3. The van der Waals surface area contributed by atoms with E-state index in [4.69, 9.17) is 16.3 Å². The van der Waals surface area contributed by atoms with E-state index in [1.807, 2.05) is 24.3 Å². The van der Waals surface area contributed by atoms with Crippen LogP contribution < -0.4 is 4.74 Å². The lowest BCUT2D eigenvalue weighted by Crippen LogP contribution is -1.94. The Bertz CT molecular complexity index is 721. The van der Waals surface area contributed by atoms with E-state index in [-0.39, 0.29) is 5.75 Å². The maximum Gasteiger partial charge on any atom is 0.161 e. The summed E-state index contributed by atoms with van der Waals surface area (Å²) in [5.41, 5.74) is 1.07. The van der Waals surface area contributed by atoms with Gasteiger partial charge in [-0.2, -0.15) is 0 Å². The number of ether oxygens (including phenoxy) is 1. The number of thiophene rings is 1. The van der Waals surface area contributed by atoms with Gasteiger partial charge in [0.05, 0.1) is 0 Å². The van der Waals surface area contributed by atoms with E-state index >= 15 is 0 Å². The molecule has 0 amide bonds. The predicted octanol–water partition coefficient (Wildman–Crippen LogP) is 4.84. The molecule has 2 nitrogen and oxygen atoms in total. The summed E-state index contributed by atoms with van der Waals surface area (Å²) >= 11 is 7.67. The van der Waals surface area contributed by atoms with Gasteiger partial charge in [-0.3, -0.25) is 0 Å². The second kappa shape index (κ2) is 5.11. The zero-order chi connectivity index (χ0) is 13.2. The summed E-state index contributed by atoms with van der Waals surface area (Å²) in [7, 11) is 0. The molecule has 0 aliphatic rings. The van der Waals surface area contributed by atoms with E-state index in [1.54, 1.807) is 29.5 Å². The van der Waals surface area contributed by atoms with E-state index in [0.29, 0.717) is 12.4 Å². The number of hydrogen-bond acceptors (Lipinski definition) is 3. The van der Waals surface area contributed by atoms with Gasteiger partial charge in [0.2, 0.25) is 0 Å². The van der Waals surface area contributed by atoms with Crippen molar-refractivity contribution in [3.63, 3.8) is 0 Å². The van der Waals surface area contributed by atoms with Crippen LogP contribution in [0.1, 0.15) is 5.56 Å². The second-order valence-corrected chi connectivity index (χ2v) is 5.51. The first-order valence-electron chi connectivity index (χ1n) is 5.80. The molecule has 96 valence electrons. The van der Waals surface area contributed by atoms with Gasteiger partial charge in [-0.25, -0.2) is 0 Å². The molecule has 19 heavy (non-hydrogen) atoms. The Morgan fingerprint density at radius 1 is 1.16 bits per heavy atom. The van der Waals surface area contributed by atoms with Crippen molar-refractivity contribution in [2.75, 3.05) is 0 Å². The minimum atomic E-state index is 0.153. The molecule has 1 N–H and O–H groups in total. The molecule has 0 aliphatic carbocycles. The molecule has 0 aliphatic heterocycles. The molecule has 0 radical (unpaired) electrons. The Hall–Kier alpha value is -1.71. The molecule has 0 unspecified atom stereocenters. The molecule has 0 saturated heterocycles.